The minimum Gasteiger partial charge on any atom is -0.467 e. The normalized spacial score (nSPS) is 11.1. The summed E-state index contributed by atoms with van der Waals surface area (Å²) in [6, 6.07) is 8.04. The smallest absolute Gasteiger partial charge is 0.331 e. The van der Waals surface area contributed by atoms with Crippen LogP contribution in [0.3, 0.4) is 0 Å². The van der Waals surface area contributed by atoms with Crippen molar-refractivity contribution in [2.24, 2.45) is 0 Å². The number of anilines is 1. The molecule has 16 heavy (non-hydrogen) atoms. The van der Waals surface area contributed by atoms with Crippen molar-refractivity contribution in [2.75, 3.05) is 19.1 Å². The lowest BCUT2D eigenvalue weighted by Crippen LogP contribution is -2.48. The van der Waals surface area contributed by atoms with Crippen molar-refractivity contribution in [3.63, 3.8) is 0 Å². The molecular weight excluding hydrogens is 202 g/mol. The molecule has 3 heteroatoms. The van der Waals surface area contributed by atoms with E-state index < -0.39 is 5.54 Å². The molecule has 3 nitrogen and oxygen atoms in total. The predicted octanol–water partition coefficient (Wildman–Crippen LogP) is 2.38. The Balaban J connectivity index is 3.01. The average molecular weight is 221 g/mol. The van der Waals surface area contributed by atoms with Gasteiger partial charge in [-0.2, -0.15) is 0 Å². The molecule has 88 valence electrons. The van der Waals surface area contributed by atoms with Crippen LogP contribution < -0.4 is 4.90 Å². The van der Waals surface area contributed by atoms with Crippen molar-refractivity contribution < 1.29 is 9.53 Å². The van der Waals surface area contributed by atoms with Crippen molar-refractivity contribution in [3.8, 4) is 0 Å². The van der Waals surface area contributed by atoms with Crippen LogP contribution in [-0.4, -0.2) is 25.7 Å². The molecule has 1 rings (SSSR count). The van der Waals surface area contributed by atoms with Gasteiger partial charge < -0.3 is 9.64 Å². The molecule has 0 atom stereocenters. The van der Waals surface area contributed by atoms with Crippen LogP contribution in [0.1, 0.15) is 19.4 Å². The number of hydrogen-bond donors (Lipinski definition) is 0. The fraction of sp³-hybridized carbons (Fsp3) is 0.462. The van der Waals surface area contributed by atoms with Gasteiger partial charge in [0.2, 0.25) is 0 Å². The number of hydrogen-bond acceptors (Lipinski definition) is 3. The Morgan fingerprint density at radius 1 is 1.38 bits per heavy atom. The average Bonchev–Trinajstić information content (AvgIpc) is 2.26. The van der Waals surface area contributed by atoms with E-state index in [2.05, 4.69) is 0 Å². The SMILES string of the molecule is COC(=O)C(C)(C)N(C)c1cccc(C)c1. The van der Waals surface area contributed by atoms with E-state index in [1.54, 1.807) is 0 Å². The van der Waals surface area contributed by atoms with Gasteiger partial charge in [0, 0.05) is 12.7 Å². The second kappa shape index (κ2) is 4.56. The predicted molar refractivity (Wildman–Crippen MR) is 65.7 cm³/mol. The molecule has 0 fully saturated rings. The third-order valence-corrected chi connectivity index (χ3v) is 2.91. The zero-order chi connectivity index (χ0) is 12.3. The Morgan fingerprint density at radius 3 is 2.50 bits per heavy atom. The first kappa shape index (κ1) is 12.6. The monoisotopic (exact) mass is 221 g/mol. The molecule has 0 aliphatic carbocycles. The molecule has 0 spiro atoms. The number of rotatable bonds is 3. The minimum absolute atomic E-state index is 0.239. The molecule has 0 amide bonds. The lowest BCUT2D eigenvalue weighted by atomic mass is 10.0. The van der Waals surface area contributed by atoms with E-state index in [0.717, 1.165) is 5.69 Å². The molecule has 0 N–H and O–H groups in total. The lowest BCUT2D eigenvalue weighted by molar-refractivity contribution is -0.145. The molecule has 0 saturated heterocycles. The number of ether oxygens (including phenoxy) is 1. The molecule has 0 aromatic heterocycles. The van der Waals surface area contributed by atoms with Gasteiger partial charge in [0.1, 0.15) is 5.54 Å². The summed E-state index contributed by atoms with van der Waals surface area (Å²) in [7, 11) is 3.31. The zero-order valence-corrected chi connectivity index (χ0v) is 10.6. The van der Waals surface area contributed by atoms with E-state index >= 15 is 0 Å². The summed E-state index contributed by atoms with van der Waals surface area (Å²) in [6.07, 6.45) is 0. The highest BCUT2D eigenvalue weighted by molar-refractivity contribution is 5.84. The molecule has 0 heterocycles. The van der Waals surface area contributed by atoms with Gasteiger partial charge in [-0.3, -0.25) is 0 Å². The van der Waals surface area contributed by atoms with E-state index in [4.69, 9.17) is 4.74 Å². The van der Waals surface area contributed by atoms with Crippen LogP contribution in [-0.2, 0) is 9.53 Å². The van der Waals surface area contributed by atoms with E-state index in [9.17, 15) is 4.79 Å². The Kier molecular flexibility index (Phi) is 3.58. The fourth-order valence-corrected chi connectivity index (χ4v) is 1.55. The maximum absolute atomic E-state index is 11.7. The van der Waals surface area contributed by atoms with Gasteiger partial charge in [-0.15, -0.1) is 0 Å². The van der Waals surface area contributed by atoms with Gasteiger partial charge in [-0.25, -0.2) is 4.79 Å². The van der Waals surface area contributed by atoms with Crippen molar-refractivity contribution in [2.45, 2.75) is 26.3 Å². The molecule has 0 aliphatic rings. The number of aryl methyl sites for hydroxylation is 1. The van der Waals surface area contributed by atoms with E-state index in [1.165, 1.54) is 12.7 Å². The van der Waals surface area contributed by atoms with Gasteiger partial charge in [0.25, 0.3) is 0 Å². The van der Waals surface area contributed by atoms with Crippen LogP contribution in [0.25, 0.3) is 0 Å². The van der Waals surface area contributed by atoms with Gasteiger partial charge in [-0.05, 0) is 38.5 Å². The molecular formula is C13H19NO2. The number of esters is 1. The largest absolute Gasteiger partial charge is 0.467 e. The van der Waals surface area contributed by atoms with Crippen LogP contribution in [0.5, 0.6) is 0 Å². The van der Waals surface area contributed by atoms with Gasteiger partial charge >= 0.3 is 5.97 Å². The van der Waals surface area contributed by atoms with Crippen molar-refractivity contribution in [1.29, 1.82) is 0 Å². The zero-order valence-electron chi connectivity index (χ0n) is 10.6. The molecule has 0 radical (unpaired) electrons. The maximum Gasteiger partial charge on any atom is 0.331 e. The van der Waals surface area contributed by atoms with E-state index in [1.807, 2.05) is 57.0 Å². The Bertz CT molecular complexity index is 385. The van der Waals surface area contributed by atoms with Crippen LogP contribution in [0.15, 0.2) is 24.3 Å². The Morgan fingerprint density at radius 2 is 2.00 bits per heavy atom. The third kappa shape index (κ3) is 2.35. The van der Waals surface area contributed by atoms with Crippen molar-refractivity contribution in [3.05, 3.63) is 29.8 Å². The summed E-state index contributed by atoms with van der Waals surface area (Å²) in [5.74, 6) is -0.239. The Labute approximate surface area is 97.0 Å². The summed E-state index contributed by atoms with van der Waals surface area (Å²) in [6.45, 7) is 5.73. The van der Waals surface area contributed by atoms with E-state index in [-0.39, 0.29) is 5.97 Å². The summed E-state index contributed by atoms with van der Waals surface area (Å²) in [5.41, 5.74) is 1.52. The van der Waals surface area contributed by atoms with Crippen molar-refractivity contribution in [1.82, 2.24) is 0 Å². The topological polar surface area (TPSA) is 29.5 Å². The molecule has 1 aromatic carbocycles. The number of likely N-dealkylation sites (N-methyl/N-ethyl adjacent to an activating group) is 1. The Hall–Kier alpha value is -1.51. The minimum atomic E-state index is -0.664. The van der Waals surface area contributed by atoms with Crippen LogP contribution in [0.2, 0.25) is 0 Å². The lowest BCUT2D eigenvalue weighted by Gasteiger charge is -2.34. The molecule has 0 bridgehead atoms. The second-order valence-corrected chi connectivity index (χ2v) is 4.45. The standard InChI is InChI=1S/C13H19NO2/c1-10-7-6-8-11(9-10)14(4)13(2,3)12(15)16-5/h6-9H,1-5H3. The molecule has 1 aromatic rings. The molecule has 0 saturated carbocycles. The number of carbonyl (C=O) groups excluding carboxylic acids is 1. The molecule has 0 unspecified atom stereocenters. The number of methoxy groups -OCH3 is 1. The highest BCUT2D eigenvalue weighted by Gasteiger charge is 2.33. The summed E-state index contributed by atoms with van der Waals surface area (Å²) < 4.78 is 4.81. The van der Waals surface area contributed by atoms with Crippen LogP contribution in [0.4, 0.5) is 5.69 Å². The molecule has 0 aliphatic heterocycles. The summed E-state index contributed by atoms with van der Waals surface area (Å²) in [4.78, 5) is 13.6. The fourth-order valence-electron chi connectivity index (χ4n) is 1.55. The number of nitrogens with zero attached hydrogens (tertiary/aromatic N) is 1. The first-order valence-electron chi connectivity index (χ1n) is 5.28. The quantitative estimate of drug-likeness (QED) is 0.734. The van der Waals surface area contributed by atoms with Crippen molar-refractivity contribution >= 4 is 11.7 Å². The van der Waals surface area contributed by atoms with Crippen LogP contribution >= 0.6 is 0 Å². The van der Waals surface area contributed by atoms with Gasteiger partial charge in [0.15, 0.2) is 0 Å². The number of carbonyl (C=O) groups is 1. The number of benzene rings is 1. The summed E-state index contributed by atoms with van der Waals surface area (Å²) >= 11 is 0. The first-order valence-corrected chi connectivity index (χ1v) is 5.28. The highest BCUT2D eigenvalue weighted by atomic mass is 16.5. The summed E-state index contributed by atoms with van der Waals surface area (Å²) in [5, 5.41) is 0. The van der Waals surface area contributed by atoms with Crippen LogP contribution in [0, 0.1) is 6.92 Å². The highest BCUT2D eigenvalue weighted by Crippen LogP contribution is 2.23. The third-order valence-electron chi connectivity index (χ3n) is 2.91. The maximum atomic E-state index is 11.7. The van der Waals surface area contributed by atoms with Gasteiger partial charge in [-0.1, -0.05) is 12.1 Å². The second-order valence-electron chi connectivity index (χ2n) is 4.45. The first-order chi connectivity index (χ1) is 7.39. The van der Waals surface area contributed by atoms with E-state index in [0.29, 0.717) is 0 Å². The van der Waals surface area contributed by atoms with Gasteiger partial charge in [0.05, 0.1) is 7.11 Å².